The smallest absolute Gasteiger partial charge is 0.354 e. The standard InChI is InChI=1S/C24H17ClN2O4S/c1-30-21-9-8-16(25)12-24(21,23(27)29)15-6-4-14(5-7-15)17-11-19(20-3-2-10-32-20)31-22(28)18(17)13-26/h2-12,21H,1H3,(H2,27,29). The van der Waals surface area contributed by atoms with Crippen LogP contribution in [0.3, 0.4) is 0 Å². The highest BCUT2D eigenvalue weighted by Gasteiger charge is 2.45. The molecule has 2 aromatic heterocycles. The summed E-state index contributed by atoms with van der Waals surface area (Å²) in [4.78, 5) is 25.8. The van der Waals surface area contributed by atoms with Gasteiger partial charge in [-0.2, -0.15) is 5.26 Å². The van der Waals surface area contributed by atoms with E-state index >= 15 is 0 Å². The Bertz CT molecular complexity index is 1330. The van der Waals surface area contributed by atoms with Crippen molar-refractivity contribution in [3.63, 3.8) is 0 Å². The largest absolute Gasteiger partial charge is 0.421 e. The van der Waals surface area contributed by atoms with Crippen molar-refractivity contribution in [2.24, 2.45) is 5.73 Å². The summed E-state index contributed by atoms with van der Waals surface area (Å²) >= 11 is 7.62. The van der Waals surface area contributed by atoms with Crippen molar-refractivity contribution >= 4 is 28.8 Å². The Balaban J connectivity index is 1.84. The normalized spacial score (nSPS) is 19.9. The number of primary amides is 1. The molecule has 1 aliphatic rings. The second-order valence-electron chi connectivity index (χ2n) is 7.13. The fraction of sp³-hybridized carbons (Fsp3) is 0.125. The average molecular weight is 465 g/mol. The van der Waals surface area contributed by atoms with Gasteiger partial charge in [0, 0.05) is 17.7 Å². The Labute approximate surface area is 192 Å². The number of methoxy groups -OCH3 is 1. The van der Waals surface area contributed by atoms with Crippen molar-refractivity contribution in [3.05, 3.63) is 92.7 Å². The fourth-order valence-corrected chi connectivity index (χ4v) is 4.76. The van der Waals surface area contributed by atoms with Crippen LogP contribution in [0.5, 0.6) is 0 Å². The summed E-state index contributed by atoms with van der Waals surface area (Å²) in [5.41, 5.74) is 5.32. The molecule has 1 amide bonds. The topological polar surface area (TPSA) is 106 Å². The molecule has 0 saturated carbocycles. The molecule has 0 radical (unpaired) electrons. The number of ether oxygens (including phenoxy) is 1. The van der Waals surface area contributed by atoms with Gasteiger partial charge in [0.15, 0.2) is 0 Å². The van der Waals surface area contributed by atoms with Gasteiger partial charge in [-0.25, -0.2) is 4.79 Å². The van der Waals surface area contributed by atoms with Crippen LogP contribution in [-0.4, -0.2) is 19.1 Å². The van der Waals surface area contributed by atoms with E-state index in [1.807, 2.05) is 23.6 Å². The first kappa shape index (κ1) is 21.8. The summed E-state index contributed by atoms with van der Waals surface area (Å²) in [5.74, 6) is -0.235. The number of nitriles is 1. The molecule has 0 fully saturated rings. The van der Waals surface area contributed by atoms with Crippen LogP contribution in [-0.2, 0) is 14.9 Å². The molecular formula is C24H17ClN2O4S. The van der Waals surface area contributed by atoms with E-state index in [4.69, 9.17) is 26.5 Å². The second-order valence-corrected chi connectivity index (χ2v) is 8.52. The molecule has 1 aromatic carbocycles. The van der Waals surface area contributed by atoms with Crippen LogP contribution in [0.2, 0.25) is 0 Å². The van der Waals surface area contributed by atoms with E-state index in [1.54, 1.807) is 48.6 Å². The Kier molecular flexibility index (Phi) is 5.85. The minimum Gasteiger partial charge on any atom is -0.421 e. The molecule has 2 atom stereocenters. The van der Waals surface area contributed by atoms with Crippen molar-refractivity contribution in [1.82, 2.24) is 0 Å². The molecule has 160 valence electrons. The number of benzene rings is 1. The summed E-state index contributed by atoms with van der Waals surface area (Å²) in [7, 11) is 1.49. The monoisotopic (exact) mass is 464 g/mol. The number of amides is 1. The lowest BCUT2D eigenvalue weighted by Crippen LogP contribution is -2.50. The molecule has 32 heavy (non-hydrogen) atoms. The predicted octanol–water partition coefficient (Wildman–Crippen LogP) is 4.34. The summed E-state index contributed by atoms with van der Waals surface area (Å²) in [6.45, 7) is 0. The first-order valence-corrected chi connectivity index (χ1v) is 10.8. The number of carbonyl (C=O) groups excluding carboxylic acids is 1. The second kappa shape index (κ2) is 8.60. The Hall–Kier alpha value is -3.44. The molecule has 8 heteroatoms. The van der Waals surface area contributed by atoms with Gasteiger partial charge in [-0.05, 0) is 40.8 Å². The molecule has 3 aromatic rings. The van der Waals surface area contributed by atoms with Crippen LogP contribution in [0.15, 0.2) is 80.3 Å². The van der Waals surface area contributed by atoms with Crippen molar-refractivity contribution in [2.45, 2.75) is 11.5 Å². The minimum atomic E-state index is -1.30. The third kappa shape index (κ3) is 3.59. The van der Waals surface area contributed by atoms with E-state index in [9.17, 15) is 14.9 Å². The zero-order valence-corrected chi connectivity index (χ0v) is 18.4. The van der Waals surface area contributed by atoms with Gasteiger partial charge < -0.3 is 14.9 Å². The van der Waals surface area contributed by atoms with E-state index in [0.717, 1.165) is 4.88 Å². The number of nitrogens with two attached hydrogens (primary N) is 1. The van der Waals surface area contributed by atoms with Crippen LogP contribution in [0, 0.1) is 11.3 Å². The first-order chi connectivity index (χ1) is 15.4. The van der Waals surface area contributed by atoms with Gasteiger partial charge in [0.25, 0.3) is 0 Å². The lowest BCUT2D eigenvalue weighted by molar-refractivity contribution is -0.125. The van der Waals surface area contributed by atoms with Gasteiger partial charge in [0.2, 0.25) is 5.91 Å². The van der Waals surface area contributed by atoms with Gasteiger partial charge in [-0.3, -0.25) is 4.79 Å². The third-order valence-electron chi connectivity index (χ3n) is 5.41. The maximum atomic E-state index is 12.6. The Morgan fingerprint density at radius 3 is 2.66 bits per heavy atom. The van der Waals surface area contributed by atoms with Crippen molar-refractivity contribution in [2.75, 3.05) is 7.11 Å². The number of allylic oxidation sites excluding steroid dienone is 2. The van der Waals surface area contributed by atoms with Crippen molar-refractivity contribution < 1.29 is 13.9 Å². The number of halogens is 1. The van der Waals surface area contributed by atoms with Gasteiger partial charge in [-0.15, -0.1) is 11.3 Å². The highest BCUT2D eigenvalue weighted by Crippen LogP contribution is 2.38. The van der Waals surface area contributed by atoms with Gasteiger partial charge in [0.05, 0.1) is 11.0 Å². The molecule has 6 nitrogen and oxygen atoms in total. The highest BCUT2D eigenvalue weighted by atomic mass is 35.5. The summed E-state index contributed by atoms with van der Waals surface area (Å²) in [6.07, 6.45) is 4.27. The first-order valence-electron chi connectivity index (χ1n) is 9.53. The molecule has 0 aliphatic heterocycles. The summed E-state index contributed by atoms with van der Waals surface area (Å²) < 4.78 is 10.8. The maximum Gasteiger partial charge on any atom is 0.354 e. The Morgan fingerprint density at radius 1 is 1.31 bits per heavy atom. The number of carbonyl (C=O) groups is 1. The highest BCUT2D eigenvalue weighted by molar-refractivity contribution is 7.13. The van der Waals surface area contributed by atoms with E-state index in [1.165, 1.54) is 18.4 Å². The van der Waals surface area contributed by atoms with Crippen LogP contribution in [0.25, 0.3) is 21.8 Å². The number of thiophene rings is 1. The SMILES string of the molecule is COC1C=CC(Cl)=CC1(C(N)=O)c1ccc(-c2cc(-c3cccs3)oc(=O)c2C#N)cc1. The molecular weight excluding hydrogens is 448 g/mol. The molecule has 4 rings (SSSR count). The third-order valence-corrected chi connectivity index (χ3v) is 6.53. The zero-order valence-electron chi connectivity index (χ0n) is 16.9. The maximum absolute atomic E-state index is 12.6. The number of hydrogen-bond donors (Lipinski definition) is 1. The molecule has 2 heterocycles. The van der Waals surface area contributed by atoms with Crippen molar-refractivity contribution in [1.29, 1.82) is 5.26 Å². The van der Waals surface area contributed by atoms with Crippen LogP contribution < -0.4 is 11.4 Å². The van der Waals surface area contributed by atoms with Crippen LogP contribution in [0.4, 0.5) is 0 Å². The summed E-state index contributed by atoms with van der Waals surface area (Å²) in [6, 6.07) is 14.1. The number of hydrogen-bond acceptors (Lipinski definition) is 6. The van der Waals surface area contributed by atoms with Crippen molar-refractivity contribution in [3.8, 4) is 27.8 Å². The average Bonchev–Trinajstić information content (AvgIpc) is 3.33. The van der Waals surface area contributed by atoms with E-state index < -0.39 is 23.1 Å². The molecule has 0 spiro atoms. The fourth-order valence-electron chi connectivity index (χ4n) is 3.84. The van der Waals surface area contributed by atoms with E-state index in [-0.39, 0.29) is 5.56 Å². The molecule has 0 bridgehead atoms. The summed E-state index contributed by atoms with van der Waals surface area (Å²) in [5, 5.41) is 11.8. The predicted molar refractivity (Wildman–Crippen MR) is 123 cm³/mol. The van der Waals surface area contributed by atoms with Gasteiger partial charge >= 0.3 is 5.63 Å². The number of rotatable bonds is 5. The van der Waals surface area contributed by atoms with Gasteiger partial charge in [-0.1, -0.05) is 48.0 Å². The Morgan fingerprint density at radius 2 is 2.06 bits per heavy atom. The lowest BCUT2D eigenvalue weighted by atomic mass is 9.72. The van der Waals surface area contributed by atoms with Crippen LogP contribution >= 0.6 is 22.9 Å². The molecule has 2 N–H and O–H groups in total. The zero-order chi connectivity index (χ0) is 22.9. The van der Waals surface area contributed by atoms with E-state index in [0.29, 0.717) is 27.5 Å². The minimum absolute atomic E-state index is 0.0963. The molecule has 1 aliphatic carbocycles. The molecule has 0 saturated heterocycles. The van der Waals surface area contributed by atoms with Crippen LogP contribution in [0.1, 0.15) is 11.1 Å². The van der Waals surface area contributed by atoms with E-state index in [2.05, 4.69) is 0 Å². The molecule has 2 unspecified atom stereocenters. The lowest BCUT2D eigenvalue weighted by Gasteiger charge is -2.36. The number of nitrogens with zero attached hydrogens (tertiary/aromatic N) is 1. The quantitative estimate of drug-likeness (QED) is 0.604. The van der Waals surface area contributed by atoms with Gasteiger partial charge in [0.1, 0.15) is 22.8 Å².